The molecule has 0 spiro atoms. The van der Waals surface area contributed by atoms with Gasteiger partial charge in [-0.2, -0.15) is 0 Å². The van der Waals surface area contributed by atoms with Crippen molar-refractivity contribution in [2.75, 3.05) is 23.4 Å². The molecule has 1 atom stereocenters. The van der Waals surface area contributed by atoms with Crippen LogP contribution in [0.3, 0.4) is 0 Å². The quantitative estimate of drug-likeness (QED) is 0.185. The summed E-state index contributed by atoms with van der Waals surface area (Å²) in [7, 11) is 0. The number of nitrogens with two attached hydrogens (primary N) is 1. The van der Waals surface area contributed by atoms with E-state index in [1.54, 1.807) is 12.1 Å². The van der Waals surface area contributed by atoms with Crippen LogP contribution < -0.4 is 20.7 Å². The Morgan fingerprint density at radius 3 is 2.39 bits per heavy atom. The maximum absolute atomic E-state index is 12.0. The van der Waals surface area contributed by atoms with Crippen molar-refractivity contribution in [2.24, 2.45) is 5.73 Å². The van der Waals surface area contributed by atoms with Crippen molar-refractivity contribution in [3.05, 3.63) is 24.3 Å². The number of carboxylic acid groups (broad SMARTS) is 1. The normalized spacial score (nSPS) is 11.7. The van der Waals surface area contributed by atoms with E-state index in [0.29, 0.717) is 5.69 Å². The number of hydrogen-bond donors (Lipinski definition) is 6. The van der Waals surface area contributed by atoms with Crippen LogP contribution in [0.4, 0.5) is 5.69 Å². The van der Waals surface area contributed by atoms with Crippen LogP contribution in [-0.4, -0.2) is 76.3 Å². The van der Waals surface area contributed by atoms with Gasteiger partial charge in [-0.15, -0.1) is 0 Å². The first-order chi connectivity index (χ1) is 13.2. The zero-order valence-corrected chi connectivity index (χ0v) is 17.5. The minimum absolute atomic E-state index is 0.0568. The Kier molecular flexibility index (Phi) is 10.8. The number of hydrogen-bond acceptors (Lipinski definition) is 8. The molecule has 1 unspecified atom stereocenters. The summed E-state index contributed by atoms with van der Waals surface area (Å²) < 4.78 is 19.1. The molecule has 1 aromatic rings. The number of carbonyl (C=O) groups is 4. The number of carbonyl (C=O) groups excluding carboxylic acids is 3. The van der Waals surface area contributed by atoms with Crippen molar-refractivity contribution >= 4 is 60.7 Å². The van der Waals surface area contributed by atoms with Crippen molar-refractivity contribution in [1.82, 2.24) is 5.32 Å². The van der Waals surface area contributed by atoms with Gasteiger partial charge in [-0.05, 0) is 0 Å². The topological polar surface area (TPSA) is 179 Å². The Morgan fingerprint density at radius 1 is 1.11 bits per heavy atom. The predicted octanol–water partition coefficient (Wildman–Crippen LogP) is -2.08. The van der Waals surface area contributed by atoms with E-state index in [9.17, 15) is 32.5 Å². The molecule has 10 nitrogen and oxygen atoms in total. The Morgan fingerprint density at radius 2 is 1.79 bits per heavy atom. The van der Waals surface area contributed by atoms with E-state index >= 15 is 0 Å². The molecule has 0 heterocycles. The summed E-state index contributed by atoms with van der Waals surface area (Å²) in [5, 5.41) is 14.0. The number of aliphatic carboxylic acids is 1. The molecular formula is C16H22AsN3O7S. The average molecular weight is 475 g/mol. The molecule has 1 rings (SSSR count). The molecule has 0 aliphatic heterocycles. The summed E-state index contributed by atoms with van der Waals surface area (Å²) in [6.45, 7) is -0.181. The second-order valence-electron chi connectivity index (χ2n) is 5.57. The fraction of sp³-hybridized carbons (Fsp3) is 0.375. The summed E-state index contributed by atoms with van der Waals surface area (Å²) in [6.07, 6.45) is -0.223. The second-order valence-corrected chi connectivity index (χ2v) is 8.83. The molecule has 0 aliphatic rings. The van der Waals surface area contributed by atoms with Crippen molar-refractivity contribution in [2.45, 2.75) is 18.9 Å². The summed E-state index contributed by atoms with van der Waals surface area (Å²) >= 11 is -2.17. The maximum atomic E-state index is 12.0. The van der Waals surface area contributed by atoms with E-state index in [0.717, 1.165) is 11.8 Å². The standard InChI is InChI=1S/C16H22AsN3O7S/c18-7-10(21)5-6-14(22)20-13(16(24)25)8-28-9-15(23)19-12-4-2-1-3-11(12)17(26)27/h1-4,13,26-27H,5-9,18H2,(H,19,23)(H,20,22)(H,24,25). The monoisotopic (exact) mass is 475 g/mol. The average Bonchev–Trinajstić information content (AvgIpc) is 2.65. The molecular weight excluding hydrogens is 453 g/mol. The van der Waals surface area contributed by atoms with E-state index in [2.05, 4.69) is 10.6 Å². The van der Waals surface area contributed by atoms with Gasteiger partial charge >= 0.3 is 148 Å². The minimum atomic E-state index is -3.16. The Balaban J connectivity index is 2.48. The predicted molar refractivity (Wildman–Crippen MR) is 105 cm³/mol. The van der Waals surface area contributed by atoms with Crippen LogP contribution >= 0.6 is 11.8 Å². The third-order valence-corrected chi connectivity index (χ3v) is 6.16. The molecule has 0 bridgehead atoms. The van der Waals surface area contributed by atoms with Gasteiger partial charge in [0.2, 0.25) is 0 Å². The van der Waals surface area contributed by atoms with E-state index in [1.807, 2.05) is 0 Å². The third kappa shape index (κ3) is 8.85. The van der Waals surface area contributed by atoms with Gasteiger partial charge in [-0.3, -0.25) is 4.79 Å². The molecule has 0 saturated heterocycles. The first-order valence-electron chi connectivity index (χ1n) is 8.13. The van der Waals surface area contributed by atoms with Gasteiger partial charge in [-0.1, -0.05) is 0 Å². The van der Waals surface area contributed by atoms with Crippen LogP contribution in [0.2, 0.25) is 0 Å². The number of benzene rings is 1. The van der Waals surface area contributed by atoms with E-state index < -0.39 is 39.2 Å². The molecule has 0 fully saturated rings. The van der Waals surface area contributed by atoms with Gasteiger partial charge in [0.05, 0.1) is 6.54 Å². The number of rotatable bonds is 12. The molecule has 0 aromatic heterocycles. The van der Waals surface area contributed by atoms with Crippen molar-refractivity contribution in [3.63, 3.8) is 0 Å². The fourth-order valence-electron chi connectivity index (χ4n) is 2.01. The second kappa shape index (κ2) is 12.5. The number of nitrogens with one attached hydrogen (secondary N) is 2. The first kappa shape index (κ1) is 24.1. The number of amides is 2. The van der Waals surface area contributed by atoms with Gasteiger partial charge < -0.3 is 5.73 Å². The summed E-state index contributed by atoms with van der Waals surface area (Å²) in [5.41, 5.74) is 5.44. The fourth-order valence-corrected chi connectivity index (χ4v) is 4.03. The van der Waals surface area contributed by atoms with Crippen molar-refractivity contribution < 1.29 is 32.5 Å². The van der Waals surface area contributed by atoms with Crippen LogP contribution in [0.25, 0.3) is 0 Å². The molecule has 12 heteroatoms. The zero-order chi connectivity index (χ0) is 21.1. The van der Waals surface area contributed by atoms with E-state index in [4.69, 9.17) is 5.73 Å². The number of Topliss-reactive ketones (excluding diaryl/α,β-unsaturated/α-hetero) is 1. The van der Waals surface area contributed by atoms with Gasteiger partial charge in [0.1, 0.15) is 5.78 Å². The molecule has 0 radical (unpaired) electrons. The van der Waals surface area contributed by atoms with Crippen LogP contribution in [-0.2, 0) is 19.2 Å². The summed E-state index contributed by atoms with van der Waals surface area (Å²) in [4.78, 5) is 46.1. The number of ketones is 1. The van der Waals surface area contributed by atoms with Gasteiger partial charge in [-0.25, -0.2) is 0 Å². The van der Waals surface area contributed by atoms with Crippen LogP contribution in [0.5, 0.6) is 0 Å². The molecule has 7 N–H and O–H groups in total. The summed E-state index contributed by atoms with van der Waals surface area (Å²) in [5.74, 6) is -2.74. The van der Waals surface area contributed by atoms with Crippen LogP contribution in [0, 0.1) is 0 Å². The van der Waals surface area contributed by atoms with Crippen molar-refractivity contribution in [1.29, 1.82) is 0 Å². The molecule has 0 saturated carbocycles. The molecule has 1 aromatic carbocycles. The van der Waals surface area contributed by atoms with Crippen molar-refractivity contribution in [3.8, 4) is 0 Å². The number of anilines is 1. The third-order valence-electron chi connectivity index (χ3n) is 3.40. The Hall–Kier alpha value is -1.91. The summed E-state index contributed by atoms with van der Waals surface area (Å²) in [6, 6.07) is 5.09. The van der Waals surface area contributed by atoms with E-state index in [-0.39, 0.29) is 41.0 Å². The number of carboxylic acids is 1. The van der Waals surface area contributed by atoms with E-state index in [1.165, 1.54) is 12.1 Å². The number of thioether (sulfide) groups is 1. The molecule has 2 amide bonds. The molecule has 0 aliphatic carbocycles. The van der Waals surface area contributed by atoms with Gasteiger partial charge in [0.15, 0.2) is 0 Å². The van der Waals surface area contributed by atoms with Crippen LogP contribution in [0.15, 0.2) is 24.3 Å². The van der Waals surface area contributed by atoms with Gasteiger partial charge in [0.25, 0.3) is 0 Å². The molecule has 154 valence electrons. The SMILES string of the molecule is NCC(=O)CCC(=O)NC(CSCC(=O)Nc1ccccc1[As](O)O)C(=O)O. The van der Waals surface area contributed by atoms with Gasteiger partial charge in [0, 0.05) is 0 Å². The Bertz CT molecular complexity index is 717. The first-order valence-corrected chi connectivity index (χ1v) is 11.9. The Labute approximate surface area is 170 Å². The number of para-hydroxylation sites is 1. The molecule has 28 heavy (non-hydrogen) atoms. The zero-order valence-electron chi connectivity index (χ0n) is 14.8. The van der Waals surface area contributed by atoms with Crippen LogP contribution in [0.1, 0.15) is 12.8 Å².